The molecular weight excluding hydrogens is 249 g/mol. The highest BCUT2D eigenvalue weighted by Crippen LogP contribution is 2.23. The Balaban J connectivity index is 2.47. The van der Waals surface area contributed by atoms with Crippen molar-refractivity contribution < 1.29 is 18.0 Å². The summed E-state index contributed by atoms with van der Waals surface area (Å²) in [6.45, 7) is 0. The Morgan fingerprint density at radius 2 is 1.82 bits per heavy atom. The van der Waals surface area contributed by atoms with E-state index in [1.54, 1.807) is 36.0 Å². The molecule has 0 radical (unpaired) electrons. The fraction of sp³-hybridized carbons (Fsp3) is 0.417. The van der Waals surface area contributed by atoms with Gasteiger partial charge < -0.3 is 0 Å². The van der Waals surface area contributed by atoms with Gasteiger partial charge in [-0.3, -0.25) is 4.79 Å². The van der Waals surface area contributed by atoms with Crippen molar-refractivity contribution in [3.63, 3.8) is 0 Å². The van der Waals surface area contributed by atoms with Crippen LogP contribution in [0.3, 0.4) is 0 Å². The molecule has 0 N–H and O–H groups in total. The van der Waals surface area contributed by atoms with Gasteiger partial charge in [-0.1, -0.05) is 12.1 Å². The van der Waals surface area contributed by atoms with Crippen LogP contribution in [0.25, 0.3) is 0 Å². The molecule has 17 heavy (non-hydrogen) atoms. The first kappa shape index (κ1) is 14.1. The lowest BCUT2D eigenvalue weighted by Crippen LogP contribution is -2.08. The number of carbonyl (C=O) groups excluding carboxylic acids is 1. The quantitative estimate of drug-likeness (QED) is 0.580. The molecule has 0 saturated heterocycles. The summed E-state index contributed by atoms with van der Waals surface area (Å²) in [6.07, 6.45) is -3.37. The zero-order chi connectivity index (χ0) is 12.9. The molecule has 1 aromatic carbocycles. The molecule has 0 fully saturated rings. The van der Waals surface area contributed by atoms with Gasteiger partial charge >= 0.3 is 6.18 Å². The van der Waals surface area contributed by atoms with Gasteiger partial charge in [0.2, 0.25) is 0 Å². The molecule has 94 valence electrons. The van der Waals surface area contributed by atoms with Crippen molar-refractivity contribution >= 4 is 17.5 Å². The van der Waals surface area contributed by atoms with E-state index in [-0.39, 0.29) is 18.6 Å². The molecule has 0 spiro atoms. The summed E-state index contributed by atoms with van der Waals surface area (Å²) in [7, 11) is 0. The van der Waals surface area contributed by atoms with Crippen molar-refractivity contribution in [2.45, 2.75) is 30.3 Å². The van der Waals surface area contributed by atoms with E-state index in [1.165, 1.54) is 0 Å². The molecule has 0 heterocycles. The number of carbonyl (C=O) groups is 1. The van der Waals surface area contributed by atoms with Gasteiger partial charge in [-0.15, -0.1) is 11.8 Å². The molecule has 0 unspecified atom stereocenters. The van der Waals surface area contributed by atoms with Crippen molar-refractivity contribution in [3.05, 3.63) is 29.8 Å². The number of hydrogen-bond donors (Lipinski definition) is 0. The summed E-state index contributed by atoms with van der Waals surface area (Å²) in [4.78, 5) is 12.6. The van der Waals surface area contributed by atoms with Crippen molar-refractivity contribution in [1.29, 1.82) is 0 Å². The average molecular weight is 262 g/mol. The normalized spacial score (nSPS) is 11.5. The van der Waals surface area contributed by atoms with E-state index in [0.29, 0.717) is 5.56 Å². The van der Waals surface area contributed by atoms with Gasteiger partial charge in [0.1, 0.15) is 0 Å². The number of Topliss-reactive ketones (excluding diaryl/α,β-unsaturated/α-hetero) is 1. The van der Waals surface area contributed by atoms with E-state index < -0.39 is 12.6 Å². The SMILES string of the molecule is CSc1ccc(C(=O)CCCC(F)(F)F)cc1. The van der Waals surface area contributed by atoms with Crippen LogP contribution in [0.2, 0.25) is 0 Å². The van der Waals surface area contributed by atoms with Gasteiger partial charge in [-0.05, 0) is 24.8 Å². The molecule has 5 heteroatoms. The summed E-state index contributed by atoms with van der Waals surface area (Å²) in [5.74, 6) is -0.234. The van der Waals surface area contributed by atoms with Crippen molar-refractivity contribution in [1.82, 2.24) is 0 Å². The van der Waals surface area contributed by atoms with Crippen LogP contribution in [0.15, 0.2) is 29.2 Å². The topological polar surface area (TPSA) is 17.1 Å². The van der Waals surface area contributed by atoms with Crippen LogP contribution in [0.1, 0.15) is 29.6 Å². The summed E-state index contributed by atoms with van der Waals surface area (Å²) in [5, 5.41) is 0. The second-order valence-corrected chi connectivity index (χ2v) is 4.50. The first-order valence-corrected chi connectivity index (χ1v) is 6.39. The first-order valence-electron chi connectivity index (χ1n) is 5.16. The molecular formula is C12H13F3OS. The minimum atomic E-state index is -4.18. The van der Waals surface area contributed by atoms with E-state index in [2.05, 4.69) is 0 Å². The predicted octanol–water partition coefficient (Wildman–Crippen LogP) is 4.32. The highest BCUT2D eigenvalue weighted by Gasteiger charge is 2.26. The van der Waals surface area contributed by atoms with E-state index in [4.69, 9.17) is 0 Å². The van der Waals surface area contributed by atoms with Crippen LogP contribution in [-0.4, -0.2) is 18.2 Å². The Morgan fingerprint density at radius 1 is 1.24 bits per heavy atom. The van der Waals surface area contributed by atoms with E-state index in [9.17, 15) is 18.0 Å². The summed E-state index contributed by atoms with van der Waals surface area (Å²) < 4.78 is 35.7. The molecule has 1 aromatic rings. The Kier molecular flexibility index (Phi) is 5.05. The fourth-order valence-corrected chi connectivity index (χ4v) is 1.78. The summed E-state index contributed by atoms with van der Waals surface area (Å²) in [6, 6.07) is 6.90. The lowest BCUT2D eigenvalue weighted by molar-refractivity contribution is -0.135. The lowest BCUT2D eigenvalue weighted by Gasteiger charge is -2.05. The average Bonchev–Trinajstić information content (AvgIpc) is 2.27. The highest BCUT2D eigenvalue weighted by atomic mass is 32.2. The molecule has 0 aromatic heterocycles. The molecule has 0 saturated carbocycles. The second-order valence-electron chi connectivity index (χ2n) is 3.62. The predicted molar refractivity (Wildman–Crippen MR) is 62.5 cm³/mol. The lowest BCUT2D eigenvalue weighted by atomic mass is 10.1. The molecule has 0 bridgehead atoms. The van der Waals surface area contributed by atoms with Crippen molar-refractivity contribution in [2.75, 3.05) is 6.26 Å². The summed E-state index contributed by atoms with van der Waals surface area (Å²) >= 11 is 1.55. The molecule has 0 aliphatic heterocycles. The molecule has 1 nitrogen and oxygen atoms in total. The fourth-order valence-electron chi connectivity index (χ4n) is 1.37. The standard InChI is InChI=1S/C12H13F3OS/c1-17-10-6-4-9(5-7-10)11(16)3-2-8-12(13,14)15/h4-7H,2-3,8H2,1H3. The van der Waals surface area contributed by atoms with Gasteiger partial charge in [0.05, 0.1) is 0 Å². The number of thioether (sulfide) groups is 1. The third-order valence-corrected chi connectivity index (χ3v) is 3.02. The van der Waals surface area contributed by atoms with E-state index in [1.807, 2.05) is 6.26 Å². The van der Waals surface area contributed by atoms with Gasteiger partial charge in [-0.2, -0.15) is 13.2 Å². The maximum absolute atomic E-state index is 11.9. The van der Waals surface area contributed by atoms with Crippen molar-refractivity contribution in [2.24, 2.45) is 0 Å². The van der Waals surface area contributed by atoms with Gasteiger partial charge in [-0.25, -0.2) is 0 Å². The van der Waals surface area contributed by atoms with Crippen LogP contribution in [0.5, 0.6) is 0 Å². The minimum Gasteiger partial charge on any atom is -0.294 e. The Morgan fingerprint density at radius 3 is 2.29 bits per heavy atom. The Labute approximate surface area is 102 Å². The van der Waals surface area contributed by atoms with Crippen LogP contribution in [-0.2, 0) is 0 Å². The minimum absolute atomic E-state index is 0.0574. The van der Waals surface area contributed by atoms with E-state index in [0.717, 1.165) is 4.90 Å². The largest absolute Gasteiger partial charge is 0.389 e. The zero-order valence-corrected chi connectivity index (χ0v) is 10.2. The van der Waals surface area contributed by atoms with Gasteiger partial charge in [0.25, 0.3) is 0 Å². The van der Waals surface area contributed by atoms with E-state index >= 15 is 0 Å². The smallest absolute Gasteiger partial charge is 0.294 e. The Hall–Kier alpha value is -0.970. The molecule has 0 aliphatic carbocycles. The number of hydrogen-bond acceptors (Lipinski definition) is 2. The number of alkyl halides is 3. The van der Waals surface area contributed by atoms with Crippen LogP contribution in [0, 0.1) is 0 Å². The maximum Gasteiger partial charge on any atom is 0.389 e. The highest BCUT2D eigenvalue weighted by molar-refractivity contribution is 7.98. The number of ketones is 1. The third-order valence-electron chi connectivity index (χ3n) is 2.28. The summed E-state index contributed by atoms with van der Waals surface area (Å²) in [5.41, 5.74) is 0.477. The zero-order valence-electron chi connectivity index (χ0n) is 9.38. The Bertz CT molecular complexity index is 370. The maximum atomic E-state index is 11.9. The number of halogens is 3. The molecule has 1 rings (SSSR count). The number of rotatable bonds is 5. The van der Waals surface area contributed by atoms with Gasteiger partial charge in [0.15, 0.2) is 5.78 Å². The number of benzene rings is 1. The first-order chi connectivity index (χ1) is 7.92. The van der Waals surface area contributed by atoms with Crippen LogP contribution in [0.4, 0.5) is 13.2 Å². The molecule has 0 aliphatic rings. The third kappa shape index (κ3) is 5.26. The van der Waals surface area contributed by atoms with Crippen LogP contribution < -0.4 is 0 Å². The molecule has 0 atom stereocenters. The van der Waals surface area contributed by atoms with Crippen LogP contribution >= 0.6 is 11.8 Å². The van der Waals surface area contributed by atoms with Gasteiger partial charge in [0, 0.05) is 23.3 Å². The van der Waals surface area contributed by atoms with Crippen molar-refractivity contribution in [3.8, 4) is 0 Å². The second kappa shape index (κ2) is 6.10. The molecule has 0 amide bonds. The monoisotopic (exact) mass is 262 g/mol.